The first-order valence-corrected chi connectivity index (χ1v) is 5.76. The predicted octanol–water partition coefficient (Wildman–Crippen LogP) is 2.13. The highest BCUT2D eigenvalue weighted by Crippen LogP contribution is 2.24. The van der Waals surface area contributed by atoms with Crippen LogP contribution in [-0.2, 0) is 13.7 Å². The maximum Gasteiger partial charge on any atom is 0.0948 e. The molecule has 0 atom stereocenters. The summed E-state index contributed by atoms with van der Waals surface area (Å²) in [5.74, 6) is 0. The standard InChI is InChI=1S/C14H13N3O/c1-17-9-15-7-14(17)13-6-10(8-18)11-4-2-3-5-12(11)16-13/h2-7,9,18H,8H2,1H3. The number of aryl methyl sites for hydroxylation is 1. The molecule has 0 fully saturated rings. The fraction of sp³-hybridized carbons (Fsp3) is 0.143. The number of para-hydroxylation sites is 1. The minimum Gasteiger partial charge on any atom is -0.392 e. The molecule has 0 saturated heterocycles. The highest BCUT2D eigenvalue weighted by atomic mass is 16.3. The highest BCUT2D eigenvalue weighted by Gasteiger charge is 2.08. The number of aromatic nitrogens is 3. The smallest absolute Gasteiger partial charge is 0.0948 e. The third-order valence-corrected chi connectivity index (χ3v) is 3.05. The molecule has 0 bridgehead atoms. The average molecular weight is 239 g/mol. The summed E-state index contributed by atoms with van der Waals surface area (Å²) in [6.45, 7) is 0.00782. The number of imidazole rings is 1. The van der Waals surface area contributed by atoms with Crippen molar-refractivity contribution < 1.29 is 5.11 Å². The molecule has 18 heavy (non-hydrogen) atoms. The van der Waals surface area contributed by atoms with Gasteiger partial charge in [0.25, 0.3) is 0 Å². The summed E-state index contributed by atoms with van der Waals surface area (Å²) < 4.78 is 1.91. The molecule has 3 rings (SSSR count). The lowest BCUT2D eigenvalue weighted by atomic mass is 10.1. The van der Waals surface area contributed by atoms with E-state index in [0.29, 0.717) is 0 Å². The van der Waals surface area contributed by atoms with Gasteiger partial charge >= 0.3 is 0 Å². The van der Waals surface area contributed by atoms with Crippen molar-refractivity contribution in [3.05, 3.63) is 48.4 Å². The van der Waals surface area contributed by atoms with E-state index in [1.165, 1.54) is 0 Å². The first-order chi connectivity index (χ1) is 8.79. The molecule has 3 aromatic rings. The lowest BCUT2D eigenvalue weighted by Crippen LogP contribution is -1.96. The SMILES string of the molecule is Cn1cncc1-c1cc(CO)c2ccccc2n1. The van der Waals surface area contributed by atoms with E-state index < -0.39 is 0 Å². The highest BCUT2D eigenvalue weighted by molar-refractivity contribution is 5.84. The van der Waals surface area contributed by atoms with Gasteiger partial charge in [0.15, 0.2) is 0 Å². The molecule has 0 unspecified atom stereocenters. The van der Waals surface area contributed by atoms with Crippen molar-refractivity contribution in [2.45, 2.75) is 6.61 Å². The van der Waals surface area contributed by atoms with Gasteiger partial charge in [-0.15, -0.1) is 0 Å². The molecule has 1 aromatic carbocycles. The lowest BCUT2D eigenvalue weighted by Gasteiger charge is -2.08. The van der Waals surface area contributed by atoms with Gasteiger partial charge in [0, 0.05) is 12.4 Å². The molecule has 0 saturated carbocycles. The van der Waals surface area contributed by atoms with Crippen LogP contribution in [-0.4, -0.2) is 19.6 Å². The molecule has 0 spiro atoms. The molecular formula is C14H13N3O. The minimum absolute atomic E-state index is 0.00782. The number of aliphatic hydroxyl groups excluding tert-OH is 1. The number of pyridine rings is 1. The van der Waals surface area contributed by atoms with Gasteiger partial charge in [-0.1, -0.05) is 18.2 Å². The maximum atomic E-state index is 9.48. The van der Waals surface area contributed by atoms with Crippen molar-refractivity contribution in [2.24, 2.45) is 7.05 Å². The van der Waals surface area contributed by atoms with Crippen LogP contribution in [0.3, 0.4) is 0 Å². The monoisotopic (exact) mass is 239 g/mol. The van der Waals surface area contributed by atoms with Crippen LogP contribution in [0.5, 0.6) is 0 Å². The van der Waals surface area contributed by atoms with Gasteiger partial charge in [0.2, 0.25) is 0 Å². The molecule has 2 aromatic heterocycles. The first kappa shape index (κ1) is 10.9. The van der Waals surface area contributed by atoms with Crippen LogP contribution in [0.4, 0.5) is 0 Å². The number of benzene rings is 1. The second kappa shape index (κ2) is 4.23. The largest absolute Gasteiger partial charge is 0.392 e. The predicted molar refractivity (Wildman–Crippen MR) is 69.9 cm³/mol. The van der Waals surface area contributed by atoms with Crippen molar-refractivity contribution in [3.8, 4) is 11.4 Å². The molecule has 4 heteroatoms. The van der Waals surface area contributed by atoms with Crippen LogP contribution in [0.1, 0.15) is 5.56 Å². The molecule has 0 aliphatic heterocycles. The number of rotatable bonds is 2. The Bertz CT molecular complexity index is 703. The third kappa shape index (κ3) is 1.67. The molecule has 2 heterocycles. The third-order valence-electron chi connectivity index (χ3n) is 3.05. The Labute approximate surface area is 105 Å². The number of aliphatic hydroxyl groups is 1. The Morgan fingerprint density at radius 1 is 1.28 bits per heavy atom. The van der Waals surface area contributed by atoms with Gasteiger partial charge in [-0.05, 0) is 17.7 Å². The minimum atomic E-state index is 0.00782. The second-order valence-electron chi connectivity index (χ2n) is 4.23. The van der Waals surface area contributed by atoms with E-state index in [9.17, 15) is 5.11 Å². The summed E-state index contributed by atoms with van der Waals surface area (Å²) in [4.78, 5) is 8.71. The summed E-state index contributed by atoms with van der Waals surface area (Å²) in [5, 5.41) is 10.5. The molecule has 0 aliphatic carbocycles. The van der Waals surface area contributed by atoms with Crippen LogP contribution in [0, 0.1) is 0 Å². The van der Waals surface area contributed by atoms with Crippen LogP contribution in [0.25, 0.3) is 22.3 Å². The van der Waals surface area contributed by atoms with E-state index in [2.05, 4.69) is 9.97 Å². The van der Waals surface area contributed by atoms with Crippen molar-refractivity contribution in [2.75, 3.05) is 0 Å². The van der Waals surface area contributed by atoms with Gasteiger partial charge in [0.05, 0.1) is 36.0 Å². The number of nitrogens with zero attached hydrogens (tertiary/aromatic N) is 3. The van der Waals surface area contributed by atoms with Crippen molar-refractivity contribution in [1.29, 1.82) is 0 Å². The van der Waals surface area contributed by atoms with Gasteiger partial charge in [-0.25, -0.2) is 9.97 Å². The van der Waals surface area contributed by atoms with E-state index in [1.807, 2.05) is 41.9 Å². The molecular weight excluding hydrogens is 226 g/mol. The van der Waals surface area contributed by atoms with Crippen LogP contribution in [0.2, 0.25) is 0 Å². The normalized spacial score (nSPS) is 11.0. The van der Waals surface area contributed by atoms with Crippen molar-refractivity contribution in [3.63, 3.8) is 0 Å². The fourth-order valence-electron chi connectivity index (χ4n) is 2.11. The zero-order valence-corrected chi connectivity index (χ0v) is 10.0. The Morgan fingerprint density at radius 3 is 2.83 bits per heavy atom. The Morgan fingerprint density at radius 2 is 2.11 bits per heavy atom. The molecule has 1 N–H and O–H groups in total. The molecule has 4 nitrogen and oxygen atoms in total. The summed E-state index contributed by atoms with van der Waals surface area (Å²) in [7, 11) is 1.93. The second-order valence-corrected chi connectivity index (χ2v) is 4.23. The molecule has 0 radical (unpaired) electrons. The average Bonchev–Trinajstić information content (AvgIpc) is 2.83. The summed E-state index contributed by atoms with van der Waals surface area (Å²) >= 11 is 0. The number of hydrogen-bond acceptors (Lipinski definition) is 3. The topological polar surface area (TPSA) is 50.9 Å². The Kier molecular flexibility index (Phi) is 2.57. The van der Waals surface area contributed by atoms with Crippen molar-refractivity contribution >= 4 is 10.9 Å². The lowest BCUT2D eigenvalue weighted by molar-refractivity contribution is 0.283. The van der Waals surface area contributed by atoms with E-state index in [4.69, 9.17) is 0 Å². The van der Waals surface area contributed by atoms with Crippen LogP contribution < -0.4 is 0 Å². The first-order valence-electron chi connectivity index (χ1n) is 5.76. The zero-order valence-electron chi connectivity index (χ0n) is 10.0. The fourth-order valence-corrected chi connectivity index (χ4v) is 2.11. The van der Waals surface area contributed by atoms with Gasteiger partial charge in [-0.2, -0.15) is 0 Å². The van der Waals surface area contributed by atoms with Crippen LogP contribution in [0.15, 0.2) is 42.9 Å². The summed E-state index contributed by atoms with van der Waals surface area (Å²) in [6, 6.07) is 9.74. The number of fused-ring (bicyclic) bond motifs is 1. The molecule has 0 aliphatic rings. The van der Waals surface area contributed by atoms with E-state index in [-0.39, 0.29) is 6.61 Å². The van der Waals surface area contributed by atoms with Gasteiger partial charge < -0.3 is 9.67 Å². The maximum absolute atomic E-state index is 9.48. The van der Waals surface area contributed by atoms with Crippen molar-refractivity contribution in [1.82, 2.24) is 14.5 Å². The zero-order chi connectivity index (χ0) is 12.5. The number of hydrogen-bond donors (Lipinski definition) is 1. The van der Waals surface area contributed by atoms with E-state index in [1.54, 1.807) is 12.5 Å². The Balaban J connectivity index is 2.29. The van der Waals surface area contributed by atoms with Gasteiger partial charge in [0.1, 0.15) is 0 Å². The molecule has 90 valence electrons. The summed E-state index contributed by atoms with van der Waals surface area (Å²) in [5.41, 5.74) is 3.55. The summed E-state index contributed by atoms with van der Waals surface area (Å²) in [6.07, 6.45) is 3.52. The van der Waals surface area contributed by atoms with Crippen LogP contribution >= 0.6 is 0 Å². The van der Waals surface area contributed by atoms with E-state index >= 15 is 0 Å². The molecule has 0 amide bonds. The van der Waals surface area contributed by atoms with Gasteiger partial charge in [-0.3, -0.25) is 0 Å². The van der Waals surface area contributed by atoms with E-state index in [0.717, 1.165) is 27.9 Å². The quantitative estimate of drug-likeness (QED) is 0.745. The Hall–Kier alpha value is -2.20.